The molecule has 0 aliphatic carbocycles. The third-order valence-corrected chi connectivity index (χ3v) is 3.67. The summed E-state index contributed by atoms with van der Waals surface area (Å²) >= 11 is 1.36. The minimum Gasteiger partial charge on any atom is -0.375 e. The van der Waals surface area contributed by atoms with E-state index >= 15 is 0 Å². The van der Waals surface area contributed by atoms with E-state index in [2.05, 4.69) is 15.3 Å². The number of nitrogen functional groups attached to an aromatic ring is 1. The summed E-state index contributed by atoms with van der Waals surface area (Å²) in [6.45, 7) is 1.95. The molecule has 20 heavy (non-hydrogen) atoms. The van der Waals surface area contributed by atoms with E-state index in [0.717, 1.165) is 15.8 Å². The summed E-state index contributed by atoms with van der Waals surface area (Å²) in [5.74, 6) is 0.333. The Bertz CT molecular complexity index is 779. The van der Waals surface area contributed by atoms with E-state index in [4.69, 9.17) is 5.73 Å². The van der Waals surface area contributed by atoms with Crippen molar-refractivity contribution in [3.63, 3.8) is 0 Å². The fourth-order valence-electron chi connectivity index (χ4n) is 1.81. The number of nitrogens with one attached hydrogen (secondary N) is 1. The standard InChI is InChI=1S/C14H12N4OS/c1-8-2-5-12(16-7-8)18-13(19)9-3-4-10-11(6-9)20-14(15)17-10/h2-7H,1H3,(H2,15,17)(H,16,18,19). The van der Waals surface area contributed by atoms with Crippen molar-refractivity contribution in [2.24, 2.45) is 0 Å². The molecular formula is C14H12N4OS. The predicted octanol–water partition coefficient (Wildman–Crippen LogP) is 2.83. The number of anilines is 2. The van der Waals surface area contributed by atoms with Gasteiger partial charge in [-0.1, -0.05) is 17.4 Å². The largest absolute Gasteiger partial charge is 0.375 e. The van der Waals surface area contributed by atoms with E-state index in [0.29, 0.717) is 16.5 Å². The van der Waals surface area contributed by atoms with Crippen LogP contribution >= 0.6 is 11.3 Å². The molecule has 2 heterocycles. The topological polar surface area (TPSA) is 80.9 Å². The van der Waals surface area contributed by atoms with Crippen LogP contribution < -0.4 is 11.1 Å². The van der Waals surface area contributed by atoms with Crippen LogP contribution in [0, 0.1) is 6.92 Å². The molecule has 0 saturated heterocycles. The lowest BCUT2D eigenvalue weighted by Gasteiger charge is -2.04. The lowest BCUT2D eigenvalue weighted by Crippen LogP contribution is -2.12. The summed E-state index contributed by atoms with van der Waals surface area (Å²) in [5.41, 5.74) is 8.06. The van der Waals surface area contributed by atoms with Gasteiger partial charge in [0, 0.05) is 11.8 Å². The molecule has 3 rings (SSSR count). The number of fused-ring (bicyclic) bond motifs is 1. The maximum Gasteiger partial charge on any atom is 0.256 e. The first-order chi connectivity index (χ1) is 9.61. The van der Waals surface area contributed by atoms with Crippen LogP contribution in [0.3, 0.4) is 0 Å². The quantitative estimate of drug-likeness (QED) is 0.758. The van der Waals surface area contributed by atoms with E-state index in [-0.39, 0.29) is 5.91 Å². The SMILES string of the molecule is Cc1ccc(NC(=O)c2ccc3nc(N)sc3c2)nc1. The highest BCUT2D eigenvalue weighted by Gasteiger charge is 2.09. The molecule has 5 nitrogen and oxygen atoms in total. The minimum absolute atomic E-state index is 0.199. The summed E-state index contributed by atoms with van der Waals surface area (Å²) in [5, 5.41) is 3.26. The highest BCUT2D eigenvalue weighted by molar-refractivity contribution is 7.22. The van der Waals surface area contributed by atoms with Crippen molar-refractivity contribution >= 4 is 38.4 Å². The maximum atomic E-state index is 12.2. The number of pyridine rings is 1. The molecule has 0 unspecified atom stereocenters. The fraction of sp³-hybridized carbons (Fsp3) is 0.0714. The Morgan fingerprint density at radius 2 is 2.15 bits per heavy atom. The van der Waals surface area contributed by atoms with Gasteiger partial charge in [-0.2, -0.15) is 0 Å². The lowest BCUT2D eigenvalue weighted by atomic mass is 10.2. The number of amides is 1. The van der Waals surface area contributed by atoms with Crippen LogP contribution in [0.4, 0.5) is 10.9 Å². The second-order valence-corrected chi connectivity index (χ2v) is 5.47. The lowest BCUT2D eigenvalue weighted by molar-refractivity contribution is 0.102. The average Bonchev–Trinajstić information content (AvgIpc) is 2.80. The van der Waals surface area contributed by atoms with Gasteiger partial charge in [0.1, 0.15) is 5.82 Å². The van der Waals surface area contributed by atoms with E-state index in [1.165, 1.54) is 11.3 Å². The number of benzene rings is 1. The zero-order valence-electron chi connectivity index (χ0n) is 10.8. The number of carbonyl (C=O) groups excluding carboxylic acids is 1. The molecule has 100 valence electrons. The first-order valence-electron chi connectivity index (χ1n) is 6.02. The number of hydrogen-bond donors (Lipinski definition) is 2. The monoisotopic (exact) mass is 284 g/mol. The van der Waals surface area contributed by atoms with Gasteiger partial charge < -0.3 is 11.1 Å². The summed E-state index contributed by atoms with van der Waals surface area (Å²) < 4.78 is 0.895. The van der Waals surface area contributed by atoms with E-state index < -0.39 is 0 Å². The Balaban J connectivity index is 1.86. The molecule has 1 amide bonds. The van der Waals surface area contributed by atoms with Crippen molar-refractivity contribution in [2.45, 2.75) is 6.92 Å². The van der Waals surface area contributed by atoms with Gasteiger partial charge in [0.15, 0.2) is 5.13 Å². The number of nitrogens with zero attached hydrogens (tertiary/aromatic N) is 2. The van der Waals surface area contributed by atoms with Gasteiger partial charge in [-0.25, -0.2) is 9.97 Å². The molecule has 0 spiro atoms. The second kappa shape index (κ2) is 4.90. The van der Waals surface area contributed by atoms with E-state index in [1.54, 1.807) is 30.5 Å². The van der Waals surface area contributed by atoms with Gasteiger partial charge in [0.25, 0.3) is 5.91 Å². The van der Waals surface area contributed by atoms with Crippen molar-refractivity contribution in [2.75, 3.05) is 11.1 Å². The molecule has 0 atom stereocenters. The zero-order chi connectivity index (χ0) is 14.1. The predicted molar refractivity (Wildman–Crippen MR) is 81.0 cm³/mol. The highest BCUT2D eigenvalue weighted by Crippen LogP contribution is 2.24. The van der Waals surface area contributed by atoms with Crippen LogP contribution in [0.25, 0.3) is 10.2 Å². The van der Waals surface area contributed by atoms with Crippen molar-refractivity contribution < 1.29 is 4.79 Å². The summed E-state index contributed by atoms with van der Waals surface area (Å²) in [6.07, 6.45) is 1.71. The Morgan fingerprint density at radius 1 is 1.30 bits per heavy atom. The number of carbonyl (C=O) groups is 1. The van der Waals surface area contributed by atoms with Gasteiger partial charge in [0.2, 0.25) is 0 Å². The molecular weight excluding hydrogens is 272 g/mol. The summed E-state index contributed by atoms with van der Waals surface area (Å²) in [4.78, 5) is 20.5. The van der Waals surface area contributed by atoms with Crippen LogP contribution in [-0.4, -0.2) is 15.9 Å². The zero-order valence-corrected chi connectivity index (χ0v) is 11.6. The number of nitrogens with two attached hydrogens (primary N) is 1. The van der Waals surface area contributed by atoms with Crippen molar-refractivity contribution in [3.05, 3.63) is 47.7 Å². The molecule has 1 aromatic carbocycles. The smallest absolute Gasteiger partial charge is 0.256 e. The average molecular weight is 284 g/mol. The van der Waals surface area contributed by atoms with Crippen LogP contribution in [0.15, 0.2) is 36.5 Å². The van der Waals surface area contributed by atoms with Crippen LogP contribution in [0.5, 0.6) is 0 Å². The van der Waals surface area contributed by atoms with E-state index in [9.17, 15) is 4.79 Å². The molecule has 3 aromatic rings. The molecule has 3 N–H and O–H groups in total. The highest BCUT2D eigenvalue weighted by atomic mass is 32.1. The first-order valence-corrected chi connectivity index (χ1v) is 6.83. The number of rotatable bonds is 2. The minimum atomic E-state index is -0.199. The number of aromatic nitrogens is 2. The second-order valence-electron chi connectivity index (χ2n) is 4.41. The number of aryl methyl sites for hydroxylation is 1. The van der Waals surface area contributed by atoms with Crippen molar-refractivity contribution in [3.8, 4) is 0 Å². The van der Waals surface area contributed by atoms with Crippen LogP contribution in [0.2, 0.25) is 0 Å². The molecule has 0 fully saturated rings. The molecule has 0 saturated carbocycles. The Hall–Kier alpha value is -2.47. The van der Waals surface area contributed by atoms with Gasteiger partial charge >= 0.3 is 0 Å². The molecule has 0 aliphatic rings. The first kappa shape index (κ1) is 12.6. The number of thiazole rings is 1. The molecule has 2 aromatic heterocycles. The van der Waals surface area contributed by atoms with Gasteiger partial charge in [-0.15, -0.1) is 0 Å². The van der Waals surface area contributed by atoms with Crippen LogP contribution in [0.1, 0.15) is 15.9 Å². The Kier molecular flexibility index (Phi) is 3.08. The van der Waals surface area contributed by atoms with E-state index in [1.807, 2.05) is 13.0 Å². The van der Waals surface area contributed by atoms with Crippen molar-refractivity contribution in [1.82, 2.24) is 9.97 Å². The Labute approximate surface area is 119 Å². The number of hydrogen-bond acceptors (Lipinski definition) is 5. The Morgan fingerprint density at radius 3 is 2.90 bits per heavy atom. The van der Waals surface area contributed by atoms with Crippen LogP contribution in [-0.2, 0) is 0 Å². The molecule has 0 bridgehead atoms. The van der Waals surface area contributed by atoms with Gasteiger partial charge in [-0.05, 0) is 36.8 Å². The third kappa shape index (κ3) is 2.46. The van der Waals surface area contributed by atoms with Crippen molar-refractivity contribution in [1.29, 1.82) is 0 Å². The molecule has 6 heteroatoms. The maximum absolute atomic E-state index is 12.2. The summed E-state index contributed by atoms with van der Waals surface area (Å²) in [7, 11) is 0. The molecule has 0 aliphatic heterocycles. The fourth-order valence-corrected chi connectivity index (χ4v) is 2.59. The molecule has 0 radical (unpaired) electrons. The van der Waals surface area contributed by atoms with Gasteiger partial charge in [0.05, 0.1) is 10.2 Å². The third-order valence-electron chi connectivity index (χ3n) is 2.82. The summed E-state index contributed by atoms with van der Waals surface area (Å²) in [6, 6.07) is 8.98. The normalized spacial score (nSPS) is 10.7. The van der Waals surface area contributed by atoms with Gasteiger partial charge in [-0.3, -0.25) is 4.79 Å².